The number of sulfonamides is 2. The van der Waals surface area contributed by atoms with Crippen molar-refractivity contribution in [2.75, 3.05) is 35.8 Å². The highest BCUT2D eigenvalue weighted by Crippen LogP contribution is 2.53. The molecule has 12 heteroatoms. The third-order valence-corrected chi connectivity index (χ3v) is 12.2. The summed E-state index contributed by atoms with van der Waals surface area (Å²) in [5.74, 6) is -0.836. The Labute approximate surface area is 267 Å². The molecule has 1 N–H and O–H groups in total. The molecule has 1 aromatic rings. The summed E-state index contributed by atoms with van der Waals surface area (Å²) in [6.07, 6.45) is 5.49. The zero-order valence-corrected chi connectivity index (χ0v) is 29.8. The maximum atomic E-state index is 14.2. The quantitative estimate of drug-likeness (QED) is 0.452. The molecule has 0 bridgehead atoms. The average Bonchev–Trinajstić information content (AvgIpc) is 3.19. The highest BCUT2D eigenvalue weighted by atomic mass is 32.2. The first-order valence-electron chi connectivity index (χ1n) is 15.0. The van der Waals surface area contributed by atoms with E-state index in [0.717, 1.165) is 39.3 Å². The summed E-state index contributed by atoms with van der Waals surface area (Å²) in [7, 11) is -4.25. The number of nitrogens with zero attached hydrogens (tertiary/aromatic N) is 4. The van der Waals surface area contributed by atoms with Crippen LogP contribution in [-0.2, 0) is 30.3 Å². The van der Waals surface area contributed by atoms with Crippen LogP contribution >= 0.6 is 0 Å². The number of aliphatic hydroxyl groups excluding tert-OH is 1. The number of allylic oxidation sites excluding steroid dienone is 6. The van der Waals surface area contributed by atoms with E-state index in [-0.39, 0.29) is 62.8 Å². The molecule has 2 unspecified atom stereocenters. The SMILES string of the molecule is CC(C)N1c2cc(N(C)S(C)(=O)=O)c(C3=C(O)C(=C4C=C5C(=CC4=NS(C)(=O)=O)N(C)C(C)C5(C)C)C3=O)cc2C(C)(C)C1C. The van der Waals surface area contributed by atoms with Gasteiger partial charge in [0.05, 0.1) is 35.1 Å². The van der Waals surface area contributed by atoms with Gasteiger partial charge in [-0.1, -0.05) is 27.7 Å². The van der Waals surface area contributed by atoms with Gasteiger partial charge >= 0.3 is 0 Å². The fourth-order valence-electron chi connectivity index (χ4n) is 7.11. The lowest BCUT2D eigenvalue weighted by atomic mass is 9.73. The normalized spacial score (nSPS) is 26.7. The molecule has 10 nitrogen and oxygen atoms in total. The average molecular weight is 657 g/mol. The Balaban J connectivity index is 1.81. The number of hydrogen-bond acceptors (Lipinski definition) is 8. The lowest BCUT2D eigenvalue weighted by Crippen LogP contribution is -2.42. The van der Waals surface area contributed by atoms with Crippen LogP contribution in [0.4, 0.5) is 11.4 Å². The molecule has 1 saturated heterocycles. The van der Waals surface area contributed by atoms with Gasteiger partial charge in [-0.05, 0) is 63.1 Å². The number of fused-ring (bicyclic) bond motifs is 2. The second-order valence-electron chi connectivity index (χ2n) is 14.2. The van der Waals surface area contributed by atoms with E-state index in [1.165, 1.54) is 7.05 Å². The monoisotopic (exact) mass is 656 g/mol. The Bertz CT molecular complexity index is 1930. The summed E-state index contributed by atoms with van der Waals surface area (Å²) in [5, 5.41) is 11.7. The Morgan fingerprint density at radius 3 is 2.07 bits per heavy atom. The summed E-state index contributed by atoms with van der Waals surface area (Å²) >= 11 is 0. The number of carbonyl (C=O) groups is 1. The molecule has 2 aliphatic heterocycles. The van der Waals surface area contributed by atoms with E-state index in [1.54, 1.807) is 18.2 Å². The Hall–Kier alpha value is -3.38. The van der Waals surface area contributed by atoms with Gasteiger partial charge in [-0.2, -0.15) is 4.40 Å². The molecule has 1 aromatic carbocycles. The van der Waals surface area contributed by atoms with Crippen molar-refractivity contribution >= 4 is 48.5 Å². The molecule has 2 aliphatic carbocycles. The van der Waals surface area contributed by atoms with E-state index in [9.17, 15) is 26.7 Å². The van der Waals surface area contributed by atoms with Gasteiger partial charge in [0.1, 0.15) is 5.76 Å². The number of likely N-dealkylation sites (tertiary alicyclic amines) is 1. The second-order valence-corrected chi connectivity index (χ2v) is 17.8. The molecule has 0 saturated carbocycles. The van der Waals surface area contributed by atoms with Crippen molar-refractivity contribution < 1.29 is 26.7 Å². The van der Waals surface area contributed by atoms with Gasteiger partial charge in [-0.15, -0.1) is 0 Å². The smallest absolute Gasteiger partial charge is 0.250 e. The molecule has 244 valence electrons. The van der Waals surface area contributed by atoms with Crippen LogP contribution < -0.4 is 9.21 Å². The molecule has 0 aromatic heterocycles. The maximum Gasteiger partial charge on any atom is 0.250 e. The lowest BCUT2D eigenvalue weighted by Gasteiger charge is -2.34. The van der Waals surface area contributed by atoms with Crippen LogP contribution in [0.1, 0.15) is 66.5 Å². The fourth-order valence-corrected chi connectivity index (χ4v) is 8.13. The van der Waals surface area contributed by atoms with Crippen molar-refractivity contribution in [3.63, 3.8) is 0 Å². The van der Waals surface area contributed by atoms with Gasteiger partial charge in [0.25, 0.3) is 10.0 Å². The van der Waals surface area contributed by atoms with Crippen LogP contribution in [0.3, 0.4) is 0 Å². The van der Waals surface area contributed by atoms with Gasteiger partial charge in [-0.3, -0.25) is 9.10 Å². The molecule has 0 amide bonds. The topological polar surface area (TPSA) is 128 Å². The summed E-state index contributed by atoms with van der Waals surface area (Å²) < 4.78 is 55.5. The first kappa shape index (κ1) is 33.0. The first-order chi connectivity index (χ1) is 20.4. The highest BCUT2D eigenvalue weighted by molar-refractivity contribution is 7.92. The van der Waals surface area contributed by atoms with E-state index in [0.29, 0.717) is 5.56 Å². The molecule has 0 radical (unpaired) electrons. The Morgan fingerprint density at radius 2 is 1.56 bits per heavy atom. The largest absolute Gasteiger partial charge is 0.506 e. The van der Waals surface area contributed by atoms with Crippen molar-refractivity contribution in [1.82, 2.24) is 4.90 Å². The predicted octanol–water partition coefficient (Wildman–Crippen LogP) is 4.71. The van der Waals surface area contributed by atoms with Crippen molar-refractivity contribution in [3.05, 3.63) is 63.6 Å². The van der Waals surface area contributed by atoms with Gasteiger partial charge in [0, 0.05) is 65.6 Å². The molecular formula is C33H44N4O6S2. The molecule has 1 fully saturated rings. The number of benzene rings is 1. The zero-order chi connectivity index (χ0) is 33.9. The Kier molecular flexibility index (Phi) is 7.38. The van der Waals surface area contributed by atoms with Crippen LogP contribution in [0.2, 0.25) is 0 Å². The summed E-state index contributed by atoms with van der Waals surface area (Å²) in [6, 6.07) is 3.91. The van der Waals surface area contributed by atoms with Crippen LogP contribution in [-0.4, -0.2) is 83.1 Å². The molecule has 5 rings (SSSR count). The van der Waals surface area contributed by atoms with Gasteiger partial charge < -0.3 is 14.9 Å². The number of likely N-dealkylation sites (N-methyl/N-ethyl adjacent to an activating group) is 1. The molecule has 4 aliphatic rings. The van der Waals surface area contributed by atoms with Crippen LogP contribution in [0.15, 0.2) is 56.9 Å². The first-order valence-corrected chi connectivity index (χ1v) is 18.7. The summed E-state index contributed by atoms with van der Waals surface area (Å²) in [4.78, 5) is 18.5. The van der Waals surface area contributed by atoms with Crippen LogP contribution in [0, 0.1) is 5.41 Å². The van der Waals surface area contributed by atoms with Crippen molar-refractivity contribution in [3.8, 4) is 0 Å². The number of hydrogen-bond donors (Lipinski definition) is 1. The van der Waals surface area contributed by atoms with Gasteiger partial charge in [0.15, 0.2) is 0 Å². The number of carbonyl (C=O) groups excluding carboxylic acids is 1. The highest BCUT2D eigenvalue weighted by Gasteiger charge is 2.48. The number of rotatable bonds is 5. The van der Waals surface area contributed by atoms with Crippen molar-refractivity contribution in [2.45, 2.75) is 78.9 Å². The fraction of sp³-hybridized carbons (Fsp3) is 0.515. The number of aliphatic hydroxyl groups is 1. The molecule has 2 atom stereocenters. The van der Waals surface area contributed by atoms with E-state index in [4.69, 9.17) is 0 Å². The maximum absolute atomic E-state index is 14.2. The molecular weight excluding hydrogens is 613 g/mol. The third-order valence-electron chi connectivity index (χ3n) is 10.5. The molecule has 45 heavy (non-hydrogen) atoms. The number of Topliss-reactive ketones (excluding diaryl/α,β-unsaturated/α-hetero) is 1. The second kappa shape index (κ2) is 10.1. The third kappa shape index (κ3) is 4.86. The predicted molar refractivity (Wildman–Crippen MR) is 181 cm³/mol. The molecule has 0 spiro atoms. The molecule has 2 heterocycles. The van der Waals surface area contributed by atoms with Gasteiger partial charge in [0.2, 0.25) is 15.8 Å². The summed E-state index contributed by atoms with van der Waals surface area (Å²) in [6.45, 7) is 16.7. The minimum absolute atomic E-state index is 0.0136. The Morgan fingerprint density at radius 1 is 0.956 bits per heavy atom. The summed E-state index contributed by atoms with van der Waals surface area (Å²) in [5.41, 5.74) is 3.64. The zero-order valence-electron chi connectivity index (χ0n) is 28.1. The lowest BCUT2D eigenvalue weighted by molar-refractivity contribution is -0.111. The van der Waals surface area contributed by atoms with E-state index >= 15 is 0 Å². The standard InChI is InChI=1S/C33H44N4O6S2/c1-17(2)37-19(4)33(7,8)23-14-21(25(16-27(23)37)36(10)45(12,42)43)29-30(38)28(31(29)39)20-13-22-26(15-24(20)34-44(11,40)41)35(9)18(3)32(22,5)6/h13-19,38H,1-12H3. The van der Waals surface area contributed by atoms with E-state index < -0.39 is 25.8 Å². The number of ketones is 1. The number of anilines is 2. The van der Waals surface area contributed by atoms with Crippen molar-refractivity contribution in [1.29, 1.82) is 0 Å². The minimum Gasteiger partial charge on any atom is -0.506 e. The van der Waals surface area contributed by atoms with Crippen LogP contribution in [0.5, 0.6) is 0 Å². The van der Waals surface area contributed by atoms with E-state index in [1.807, 2.05) is 13.1 Å². The van der Waals surface area contributed by atoms with E-state index in [2.05, 4.69) is 69.6 Å². The van der Waals surface area contributed by atoms with Gasteiger partial charge in [-0.25, -0.2) is 16.8 Å². The van der Waals surface area contributed by atoms with Crippen molar-refractivity contribution in [2.24, 2.45) is 9.81 Å². The van der Waals surface area contributed by atoms with Crippen LogP contribution in [0.25, 0.3) is 5.57 Å². The minimum atomic E-state index is -3.86.